The minimum Gasteiger partial charge on any atom is -0.485 e. The monoisotopic (exact) mass is 358 g/mol. The van der Waals surface area contributed by atoms with Crippen LogP contribution < -0.4 is 4.74 Å². The number of ether oxygens (including phenoxy) is 1. The Kier molecular flexibility index (Phi) is 5.02. The summed E-state index contributed by atoms with van der Waals surface area (Å²) in [5, 5.41) is 2.59. The summed E-state index contributed by atoms with van der Waals surface area (Å²) in [6.07, 6.45) is 0.834. The van der Waals surface area contributed by atoms with Crippen molar-refractivity contribution in [1.82, 2.24) is 0 Å². The molecule has 0 bridgehead atoms. The Labute approximate surface area is 129 Å². The van der Waals surface area contributed by atoms with Gasteiger partial charge in [0, 0.05) is 9.50 Å². The molecule has 0 fully saturated rings. The van der Waals surface area contributed by atoms with E-state index in [9.17, 15) is 4.79 Å². The molecule has 2 rings (SSSR count). The molecule has 2 aromatic rings. The van der Waals surface area contributed by atoms with Crippen LogP contribution in [0.3, 0.4) is 0 Å². The number of carbonyl (C=O) groups excluding carboxylic acids is 1. The lowest BCUT2D eigenvalue weighted by molar-refractivity contribution is 0.0925. The number of halogens is 2. The van der Waals surface area contributed by atoms with E-state index in [0.717, 1.165) is 21.5 Å². The summed E-state index contributed by atoms with van der Waals surface area (Å²) in [7, 11) is 0. The van der Waals surface area contributed by atoms with Gasteiger partial charge in [-0.1, -0.05) is 18.5 Å². The summed E-state index contributed by atoms with van der Waals surface area (Å²) in [6.45, 7) is 2.06. The predicted octanol–water partition coefficient (Wildman–Crippen LogP) is 4.99. The lowest BCUT2D eigenvalue weighted by Crippen LogP contribution is -2.10. The van der Waals surface area contributed by atoms with Gasteiger partial charge in [-0.2, -0.15) is 0 Å². The first kappa shape index (κ1) is 14.6. The van der Waals surface area contributed by atoms with Crippen LogP contribution in [0.25, 0.3) is 0 Å². The number of Topliss-reactive ketones (excluding diaryl/α,β-unsaturated/α-hetero) is 1. The van der Waals surface area contributed by atoms with Gasteiger partial charge in [0.05, 0.1) is 4.88 Å². The van der Waals surface area contributed by atoms with E-state index in [1.807, 2.05) is 24.4 Å². The third kappa shape index (κ3) is 3.59. The van der Waals surface area contributed by atoms with Crippen LogP contribution in [0.15, 0.2) is 34.1 Å². The van der Waals surface area contributed by atoms with Crippen molar-refractivity contribution in [3.63, 3.8) is 0 Å². The molecule has 0 aliphatic carbocycles. The number of hydrogen-bond acceptors (Lipinski definition) is 3. The topological polar surface area (TPSA) is 26.3 Å². The largest absolute Gasteiger partial charge is 0.485 e. The first-order valence-corrected chi connectivity index (χ1v) is 7.84. The fourth-order valence-corrected chi connectivity index (χ4v) is 3.39. The quantitative estimate of drug-likeness (QED) is 0.703. The summed E-state index contributed by atoms with van der Waals surface area (Å²) >= 11 is 10.8. The van der Waals surface area contributed by atoms with Crippen LogP contribution in [-0.2, 0) is 6.42 Å². The van der Waals surface area contributed by atoms with E-state index in [1.54, 1.807) is 12.1 Å². The van der Waals surface area contributed by atoms with Crippen molar-refractivity contribution < 1.29 is 9.53 Å². The first-order valence-electron chi connectivity index (χ1n) is 5.79. The number of thiophene rings is 1. The lowest BCUT2D eigenvalue weighted by Gasteiger charge is -2.07. The van der Waals surface area contributed by atoms with Crippen molar-refractivity contribution >= 4 is 44.7 Å². The molecule has 0 aliphatic heterocycles. The molecule has 100 valence electrons. The standard InChI is InChI=1S/C14H12BrClO2S/c1-2-9-7-10(3-4-12(9)16)18-8-13(17)14-11(15)5-6-19-14/h3-7H,2,8H2,1H3. The van der Waals surface area contributed by atoms with E-state index >= 15 is 0 Å². The number of benzene rings is 1. The molecule has 0 unspecified atom stereocenters. The molecular weight excluding hydrogens is 348 g/mol. The van der Waals surface area contributed by atoms with Crippen LogP contribution in [0.1, 0.15) is 22.2 Å². The van der Waals surface area contributed by atoms with E-state index in [2.05, 4.69) is 15.9 Å². The number of ketones is 1. The van der Waals surface area contributed by atoms with Gasteiger partial charge in [-0.05, 0) is 57.6 Å². The summed E-state index contributed by atoms with van der Waals surface area (Å²) in [6, 6.07) is 7.30. The van der Waals surface area contributed by atoms with Crippen LogP contribution in [0.5, 0.6) is 5.75 Å². The number of aryl methyl sites for hydroxylation is 1. The van der Waals surface area contributed by atoms with Gasteiger partial charge in [0.15, 0.2) is 6.61 Å². The Bertz CT molecular complexity index is 595. The molecule has 0 N–H and O–H groups in total. The Hall–Kier alpha value is -0.840. The number of hydrogen-bond donors (Lipinski definition) is 0. The van der Waals surface area contributed by atoms with Gasteiger partial charge in [0.2, 0.25) is 5.78 Å². The van der Waals surface area contributed by atoms with Gasteiger partial charge in [-0.15, -0.1) is 11.3 Å². The maximum atomic E-state index is 12.0. The van der Waals surface area contributed by atoms with E-state index in [1.165, 1.54) is 11.3 Å². The molecule has 1 aromatic heterocycles. The Morgan fingerprint density at radius 2 is 2.21 bits per heavy atom. The molecule has 2 nitrogen and oxygen atoms in total. The molecule has 0 atom stereocenters. The zero-order chi connectivity index (χ0) is 13.8. The summed E-state index contributed by atoms with van der Waals surface area (Å²) in [5.41, 5.74) is 1.02. The average Bonchev–Trinajstić information content (AvgIpc) is 2.83. The highest BCUT2D eigenvalue weighted by Crippen LogP contribution is 2.25. The second-order valence-corrected chi connectivity index (χ2v) is 6.09. The SMILES string of the molecule is CCc1cc(OCC(=O)c2sccc2Br)ccc1Cl. The summed E-state index contributed by atoms with van der Waals surface area (Å²) in [4.78, 5) is 12.6. The number of rotatable bonds is 5. The molecule has 5 heteroatoms. The van der Waals surface area contributed by atoms with Crippen LogP contribution in [0, 0.1) is 0 Å². The van der Waals surface area contributed by atoms with Crippen molar-refractivity contribution in [3.8, 4) is 5.75 Å². The van der Waals surface area contributed by atoms with E-state index in [4.69, 9.17) is 16.3 Å². The maximum Gasteiger partial charge on any atom is 0.211 e. The second kappa shape index (κ2) is 6.55. The molecule has 19 heavy (non-hydrogen) atoms. The Morgan fingerprint density at radius 3 is 2.84 bits per heavy atom. The molecule has 0 amide bonds. The highest BCUT2D eigenvalue weighted by Gasteiger charge is 2.12. The first-order chi connectivity index (χ1) is 9.11. The normalized spacial score (nSPS) is 10.5. The predicted molar refractivity (Wildman–Crippen MR) is 82.7 cm³/mol. The third-order valence-corrected chi connectivity index (χ3v) is 4.89. The molecular formula is C14H12BrClO2S. The van der Waals surface area contributed by atoms with Crippen LogP contribution in [0.2, 0.25) is 5.02 Å². The zero-order valence-electron chi connectivity index (χ0n) is 10.3. The average molecular weight is 360 g/mol. The molecule has 1 aromatic carbocycles. The van der Waals surface area contributed by atoms with Crippen molar-refractivity contribution in [2.75, 3.05) is 6.61 Å². The smallest absolute Gasteiger partial charge is 0.211 e. The molecule has 0 radical (unpaired) electrons. The fraction of sp³-hybridized carbons (Fsp3) is 0.214. The molecule has 0 spiro atoms. The van der Waals surface area contributed by atoms with E-state index < -0.39 is 0 Å². The minimum atomic E-state index is -0.0325. The van der Waals surface area contributed by atoms with Crippen molar-refractivity contribution in [1.29, 1.82) is 0 Å². The third-order valence-electron chi connectivity index (χ3n) is 2.64. The zero-order valence-corrected chi connectivity index (χ0v) is 13.4. The van der Waals surface area contributed by atoms with Gasteiger partial charge in [-0.25, -0.2) is 0 Å². The lowest BCUT2D eigenvalue weighted by atomic mass is 10.1. The maximum absolute atomic E-state index is 12.0. The van der Waals surface area contributed by atoms with Crippen molar-refractivity contribution in [3.05, 3.63) is 49.6 Å². The minimum absolute atomic E-state index is 0.0316. The van der Waals surface area contributed by atoms with E-state index in [-0.39, 0.29) is 12.4 Å². The Morgan fingerprint density at radius 1 is 1.42 bits per heavy atom. The molecule has 0 aliphatic rings. The Balaban J connectivity index is 2.03. The highest BCUT2D eigenvalue weighted by atomic mass is 79.9. The van der Waals surface area contributed by atoms with Crippen molar-refractivity contribution in [2.24, 2.45) is 0 Å². The van der Waals surface area contributed by atoms with Gasteiger partial charge >= 0.3 is 0 Å². The summed E-state index contributed by atoms with van der Waals surface area (Å²) < 4.78 is 6.34. The molecule has 0 saturated carbocycles. The van der Waals surface area contributed by atoms with Crippen LogP contribution in [0.4, 0.5) is 0 Å². The van der Waals surface area contributed by atoms with Gasteiger partial charge in [-0.3, -0.25) is 4.79 Å². The van der Waals surface area contributed by atoms with Gasteiger partial charge < -0.3 is 4.74 Å². The summed E-state index contributed by atoms with van der Waals surface area (Å²) in [5.74, 6) is 0.636. The second-order valence-electron chi connectivity index (χ2n) is 3.92. The molecule has 0 saturated heterocycles. The fourth-order valence-electron chi connectivity index (χ4n) is 1.62. The van der Waals surface area contributed by atoms with Crippen LogP contribution in [-0.4, -0.2) is 12.4 Å². The molecule has 1 heterocycles. The van der Waals surface area contributed by atoms with Gasteiger partial charge in [0.1, 0.15) is 5.75 Å². The van der Waals surface area contributed by atoms with Gasteiger partial charge in [0.25, 0.3) is 0 Å². The van der Waals surface area contributed by atoms with Crippen LogP contribution >= 0.6 is 38.9 Å². The number of carbonyl (C=O) groups is 1. The highest BCUT2D eigenvalue weighted by molar-refractivity contribution is 9.10. The van der Waals surface area contributed by atoms with E-state index in [0.29, 0.717) is 10.6 Å². The van der Waals surface area contributed by atoms with Crippen molar-refractivity contribution in [2.45, 2.75) is 13.3 Å².